The van der Waals surface area contributed by atoms with Crippen molar-refractivity contribution in [2.24, 2.45) is 0 Å². The van der Waals surface area contributed by atoms with Gasteiger partial charge in [-0.05, 0) is 13.8 Å². The van der Waals surface area contributed by atoms with Gasteiger partial charge in [-0.3, -0.25) is 0 Å². The Morgan fingerprint density at radius 3 is 1.18 bits per heavy atom. The average Bonchev–Trinajstić information content (AvgIpc) is 2.34. The Morgan fingerprint density at radius 2 is 0.824 bits per heavy atom. The minimum Gasteiger partial charge on any atom is -0.314 e. The van der Waals surface area contributed by atoms with Crippen LogP contribution in [-0.2, 0) is 0 Å². The lowest BCUT2D eigenvalue weighted by Crippen LogP contribution is -2.47. The molecule has 0 amide bonds. The van der Waals surface area contributed by atoms with Crippen molar-refractivity contribution in [1.29, 1.82) is 0 Å². The molecule has 1 fully saturated rings. The molecule has 102 valence electrons. The predicted molar refractivity (Wildman–Crippen MR) is 73.5 cm³/mol. The van der Waals surface area contributed by atoms with E-state index in [1.165, 1.54) is 0 Å². The molecule has 1 aliphatic heterocycles. The third-order valence-corrected chi connectivity index (χ3v) is 3.24. The van der Waals surface area contributed by atoms with Crippen molar-refractivity contribution in [2.45, 2.75) is 25.9 Å². The molecule has 0 aromatic heterocycles. The van der Waals surface area contributed by atoms with E-state index in [4.69, 9.17) is 0 Å². The van der Waals surface area contributed by atoms with Gasteiger partial charge in [0.15, 0.2) is 0 Å². The third kappa shape index (κ3) is 7.68. The lowest BCUT2D eigenvalue weighted by molar-refractivity contribution is 0.407. The van der Waals surface area contributed by atoms with Crippen LogP contribution in [0.5, 0.6) is 0 Å². The molecule has 0 aliphatic carbocycles. The van der Waals surface area contributed by atoms with Gasteiger partial charge in [-0.1, -0.05) is 0 Å². The van der Waals surface area contributed by atoms with E-state index in [9.17, 15) is 0 Å². The normalized spacial score (nSPS) is 31.4. The van der Waals surface area contributed by atoms with Crippen LogP contribution >= 0.6 is 0 Å². The number of hydrogen-bond donors (Lipinski definition) is 5. The van der Waals surface area contributed by atoms with Crippen LogP contribution in [0, 0.1) is 0 Å². The topological polar surface area (TPSA) is 60.1 Å². The maximum Gasteiger partial charge on any atom is 0.0190 e. The van der Waals surface area contributed by atoms with E-state index in [-0.39, 0.29) is 0 Å². The lowest BCUT2D eigenvalue weighted by atomic mass is 10.1. The second kappa shape index (κ2) is 9.79. The fourth-order valence-electron chi connectivity index (χ4n) is 1.86. The van der Waals surface area contributed by atoms with Crippen molar-refractivity contribution in [3.8, 4) is 0 Å². The monoisotopic (exact) mass is 243 g/mol. The Kier molecular flexibility index (Phi) is 8.56. The van der Waals surface area contributed by atoms with Gasteiger partial charge in [-0.2, -0.15) is 0 Å². The third-order valence-electron chi connectivity index (χ3n) is 3.24. The number of nitrogens with one attached hydrogen (secondary N) is 5. The standard InChI is InChI=1S/C12H29N5/c1-11-12(2)17-10-8-15-6-4-13-3-5-14-7-9-16-11/h11-17H,3-10H2,1-2H3. The quantitative estimate of drug-likeness (QED) is 0.367. The van der Waals surface area contributed by atoms with E-state index in [0.717, 1.165) is 52.4 Å². The molecule has 0 radical (unpaired) electrons. The summed E-state index contributed by atoms with van der Waals surface area (Å²) in [5, 5.41) is 17.3. The SMILES string of the molecule is CC1NCCNCCNCCNCCNC1C. The van der Waals surface area contributed by atoms with Crippen LogP contribution in [0.25, 0.3) is 0 Å². The molecule has 1 rings (SSSR count). The molecule has 17 heavy (non-hydrogen) atoms. The summed E-state index contributed by atoms with van der Waals surface area (Å²) in [6.07, 6.45) is 0. The highest BCUT2D eigenvalue weighted by atomic mass is 15.1. The van der Waals surface area contributed by atoms with E-state index in [2.05, 4.69) is 40.4 Å². The maximum absolute atomic E-state index is 3.54. The second-order valence-electron chi connectivity index (χ2n) is 4.74. The molecule has 1 saturated heterocycles. The largest absolute Gasteiger partial charge is 0.314 e. The first-order valence-corrected chi connectivity index (χ1v) is 6.89. The zero-order chi connectivity index (χ0) is 12.3. The van der Waals surface area contributed by atoms with Crippen LogP contribution in [0.2, 0.25) is 0 Å². The molecular formula is C12H29N5. The van der Waals surface area contributed by atoms with Gasteiger partial charge < -0.3 is 26.6 Å². The Balaban J connectivity index is 2.21. The van der Waals surface area contributed by atoms with E-state index < -0.39 is 0 Å². The molecule has 1 heterocycles. The second-order valence-corrected chi connectivity index (χ2v) is 4.74. The summed E-state index contributed by atoms with van der Waals surface area (Å²) in [6, 6.07) is 1.03. The van der Waals surface area contributed by atoms with E-state index >= 15 is 0 Å². The lowest BCUT2D eigenvalue weighted by Gasteiger charge is -2.22. The van der Waals surface area contributed by atoms with Gasteiger partial charge in [-0.25, -0.2) is 0 Å². The van der Waals surface area contributed by atoms with Gasteiger partial charge in [0.1, 0.15) is 0 Å². The fourth-order valence-corrected chi connectivity index (χ4v) is 1.86. The van der Waals surface area contributed by atoms with Crippen molar-refractivity contribution >= 4 is 0 Å². The molecule has 0 aromatic rings. The minimum atomic E-state index is 0.514. The summed E-state index contributed by atoms with van der Waals surface area (Å²) in [7, 11) is 0. The molecular weight excluding hydrogens is 214 g/mol. The van der Waals surface area contributed by atoms with Crippen molar-refractivity contribution in [2.75, 3.05) is 52.4 Å². The average molecular weight is 243 g/mol. The van der Waals surface area contributed by atoms with Gasteiger partial charge >= 0.3 is 0 Å². The van der Waals surface area contributed by atoms with E-state index in [1.54, 1.807) is 0 Å². The van der Waals surface area contributed by atoms with Gasteiger partial charge in [0.25, 0.3) is 0 Å². The van der Waals surface area contributed by atoms with Crippen LogP contribution in [0.1, 0.15) is 13.8 Å². The summed E-state index contributed by atoms with van der Waals surface area (Å²) in [5.41, 5.74) is 0. The van der Waals surface area contributed by atoms with Crippen LogP contribution in [0.15, 0.2) is 0 Å². The Morgan fingerprint density at radius 1 is 0.529 bits per heavy atom. The van der Waals surface area contributed by atoms with Crippen LogP contribution in [0.4, 0.5) is 0 Å². The zero-order valence-corrected chi connectivity index (χ0v) is 11.3. The minimum absolute atomic E-state index is 0.514. The van der Waals surface area contributed by atoms with Crippen LogP contribution in [-0.4, -0.2) is 64.4 Å². The summed E-state index contributed by atoms with van der Waals surface area (Å²) >= 11 is 0. The molecule has 0 saturated carbocycles. The van der Waals surface area contributed by atoms with Gasteiger partial charge in [0.05, 0.1) is 0 Å². The Labute approximate surface area is 105 Å². The Hall–Kier alpha value is -0.200. The molecule has 0 aromatic carbocycles. The summed E-state index contributed by atoms with van der Waals surface area (Å²) in [6.45, 7) is 12.8. The van der Waals surface area contributed by atoms with Crippen molar-refractivity contribution in [3.05, 3.63) is 0 Å². The zero-order valence-electron chi connectivity index (χ0n) is 11.3. The highest BCUT2D eigenvalue weighted by Crippen LogP contribution is 1.90. The first-order chi connectivity index (χ1) is 8.30. The summed E-state index contributed by atoms with van der Waals surface area (Å²) in [4.78, 5) is 0. The van der Waals surface area contributed by atoms with E-state index in [1.807, 2.05) is 0 Å². The number of hydrogen-bond acceptors (Lipinski definition) is 5. The molecule has 1 aliphatic rings. The molecule has 0 spiro atoms. The first kappa shape index (κ1) is 14.9. The molecule has 5 nitrogen and oxygen atoms in total. The van der Waals surface area contributed by atoms with E-state index in [0.29, 0.717) is 12.1 Å². The van der Waals surface area contributed by atoms with Gasteiger partial charge in [0, 0.05) is 64.4 Å². The molecule has 5 N–H and O–H groups in total. The summed E-state index contributed by atoms with van der Waals surface area (Å²) in [5.74, 6) is 0. The maximum atomic E-state index is 3.54. The van der Waals surface area contributed by atoms with Crippen LogP contribution in [0.3, 0.4) is 0 Å². The van der Waals surface area contributed by atoms with Crippen LogP contribution < -0.4 is 26.6 Å². The molecule has 2 atom stereocenters. The number of rotatable bonds is 0. The highest BCUT2D eigenvalue weighted by Gasteiger charge is 2.09. The summed E-state index contributed by atoms with van der Waals surface area (Å²) < 4.78 is 0. The van der Waals surface area contributed by atoms with Crippen molar-refractivity contribution < 1.29 is 0 Å². The van der Waals surface area contributed by atoms with Crippen molar-refractivity contribution in [3.63, 3.8) is 0 Å². The Bertz CT molecular complexity index is 158. The molecule has 0 bridgehead atoms. The fraction of sp³-hybridized carbons (Fsp3) is 1.00. The first-order valence-electron chi connectivity index (χ1n) is 6.89. The van der Waals surface area contributed by atoms with Gasteiger partial charge in [0.2, 0.25) is 0 Å². The van der Waals surface area contributed by atoms with Crippen molar-refractivity contribution in [1.82, 2.24) is 26.6 Å². The molecule has 5 heteroatoms. The predicted octanol–water partition coefficient (Wildman–Crippen LogP) is -1.27. The van der Waals surface area contributed by atoms with Gasteiger partial charge in [-0.15, -0.1) is 0 Å². The molecule has 2 unspecified atom stereocenters. The highest BCUT2D eigenvalue weighted by molar-refractivity contribution is 4.75. The smallest absolute Gasteiger partial charge is 0.0190 e.